The van der Waals surface area contributed by atoms with E-state index in [4.69, 9.17) is 0 Å². The van der Waals surface area contributed by atoms with Gasteiger partial charge in [0.15, 0.2) is 0 Å². The van der Waals surface area contributed by atoms with Crippen molar-refractivity contribution in [3.8, 4) is 0 Å². The zero-order chi connectivity index (χ0) is 12.5. The highest BCUT2D eigenvalue weighted by atomic mass is 79.9. The highest BCUT2D eigenvalue weighted by Crippen LogP contribution is 2.35. The van der Waals surface area contributed by atoms with Crippen LogP contribution in [0, 0.1) is 13.8 Å². The quantitative estimate of drug-likeness (QED) is 0.873. The molecular formula is C11H13BrF3N. The molecule has 90 valence electrons. The Balaban J connectivity index is 3.26. The van der Waals surface area contributed by atoms with Gasteiger partial charge < -0.3 is 5.32 Å². The number of nitrogens with one attached hydrogen (secondary N) is 1. The van der Waals surface area contributed by atoms with Crippen molar-refractivity contribution in [2.24, 2.45) is 0 Å². The first-order chi connectivity index (χ1) is 7.27. The van der Waals surface area contributed by atoms with Crippen molar-refractivity contribution in [2.45, 2.75) is 26.1 Å². The van der Waals surface area contributed by atoms with E-state index in [1.165, 1.54) is 7.05 Å². The molecule has 0 amide bonds. The maximum Gasteiger partial charge on any atom is 0.407 e. The Morgan fingerprint density at radius 2 is 1.75 bits per heavy atom. The molecule has 0 fully saturated rings. The highest BCUT2D eigenvalue weighted by Gasteiger charge is 2.40. The molecule has 1 rings (SSSR count). The van der Waals surface area contributed by atoms with Crippen molar-refractivity contribution in [3.63, 3.8) is 0 Å². The van der Waals surface area contributed by atoms with Crippen LogP contribution in [0.5, 0.6) is 0 Å². The molecular weight excluding hydrogens is 283 g/mol. The molecule has 1 atom stereocenters. The minimum atomic E-state index is -4.28. The summed E-state index contributed by atoms with van der Waals surface area (Å²) in [5.41, 5.74) is 1.69. The summed E-state index contributed by atoms with van der Waals surface area (Å²) in [6.45, 7) is 3.45. The van der Waals surface area contributed by atoms with Gasteiger partial charge in [-0.3, -0.25) is 0 Å². The van der Waals surface area contributed by atoms with E-state index in [0.717, 1.165) is 10.0 Å². The lowest BCUT2D eigenvalue weighted by atomic mass is 9.98. The van der Waals surface area contributed by atoms with E-state index in [1.807, 2.05) is 0 Å². The second-order valence-corrected chi connectivity index (χ2v) is 4.58. The third-order valence-electron chi connectivity index (χ3n) is 2.47. The number of alkyl halides is 3. The van der Waals surface area contributed by atoms with Crippen molar-refractivity contribution in [1.29, 1.82) is 0 Å². The van der Waals surface area contributed by atoms with Gasteiger partial charge in [0, 0.05) is 4.47 Å². The molecule has 0 spiro atoms. The minimum Gasteiger partial charge on any atom is -0.306 e. The fourth-order valence-corrected chi connectivity index (χ4v) is 2.07. The molecule has 1 unspecified atom stereocenters. The maximum absolute atomic E-state index is 12.7. The van der Waals surface area contributed by atoms with E-state index in [1.54, 1.807) is 26.0 Å². The van der Waals surface area contributed by atoms with Gasteiger partial charge in [0.1, 0.15) is 6.04 Å². The Bertz CT molecular complexity index is 388. The maximum atomic E-state index is 12.7. The third kappa shape index (κ3) is 2.77. The first-order valence-corrected chi connectivity index (χ1v) is 5.57. The summed E-state index contributed by atoms with van der Waals surface area (Å²) >= 11 is 3.30. The Morgan fingerprint density at radius 1 is 1.19 bits per heavy atom. The monoisotopic (exact) mass is 295 g/mol. The van der Waals surface area contributed by atoms with E-state index in [0.29, 0.717) is 5.56 Å². The lowest BCUT2D eigenvalue weighted by Gasteiger charge is -2.22. The second-order valence-electron chi connectivity index (χ2n) is 3.72. The summed E-state index contributed by atoms with van der Waals surface area (Å²) in [5.74, 6) is 0. The van der Waals surface area contributed by atoms with Crippen LogP contribution in [0.1, 0.15) is 22.7 Å². The van der Waals surface area contributed by atoms with Gasteiger partial charge in [-0.1, -0.05) is 22.0 Å². The van der Waals surface area contributed by atoms with Gasteiger partial charge in [-0.2, -0.15) is 13.2 Å². The smallest absolute Gasteiger partial charge is 0.306 e. The van der Waals surface area contributed by atoms with Gasteiger partial charge in [-0.05, 0) is 43.7 Å². The molecule has 0 radical (unpaired) electrons. The molecule has 1 nitrogen and oxygen atoms in total. The van der Waals surface area contributed by atoms with Gasteiger partial charge in [-0.25, -0.2) is 0 Å². The average Bonchev–Trinajstić information content (AvgIpc) is 2.12. The van der Waals surface area contributed by atoms with Gasteiger partial charge in [0.05, 0.1) is 0 Å². The molecule has 1 aromatic rings. The number of aryl methyl sites for hydroxylation is 2. The normalized spacial score (nSPS) is 13.9. The number of halogens is 4. The summed E-state index contributed by atoms with van der Waals surface area (Å²) in [6.07, 6.45) is -4.28. The highest BCUT2D eigenvalue weighted by molar-refractivity contribution is 9.10. The molecule has 0 aliphatic carbocycles. The predicted molar refractivity (Wildman–Crippen MR) is 61.5 cm³/mol. The van der Waals surface area contributed by atoms with Crippen LogP contribution in [0.25, 0.3) is 0 Å². The Labute approximate surface area is 101 Å². The van der Waals surface area contributed by atoms with Gasteiger partial charge in [0.2, 0.25) is 0 Å². The molecule has 0 aromatic heterocycles. The van der Waals surface area contributed by atoms with Crippen LogP contribution in [-0.4, -0.2) is 13.2 Å². The molecule has 16 heavy (non-hydrogen) atoms. The van der Waals surface area contributed by atoms with E-state index in [9.17, 15) is 13.2 Å². The lowest BCUT2D eigenvalue weighted by molar-refractivity contribution is -0.156. The van der Waals surface area contributed by atoms with Crippen molar-refractivity contribution in [1.82, 2.24) is 5.32 Å². The first kappa shape index (κ1) is 13.5. The molecule has 1 N–H and O–H groups in total. The van der Waals surface area contributed by atoms with E-state index < -0.39 is 12.2 Å². The summed E-state index contributed by atoms with van der Waals surface area (Å²) in [7, 11) is 1.31. The third-order valence-corrected chi connectivity index (χ3v) is 3.33. The SMILES string of the molecule is CNC(c1cc(C)c(Br)cc1C)C(F)(F)F. The van der Waals surface area contributed by atoms with Crippen LogP contribution in [0.15, 0.2) is 16.6 Å². The van der Waals surface area contributed by atoms with Crippen molar-refractivity contribution in [3.05, 3.63) is 33.3 Å². The molecule has 5 heteroatoms. The number of benzene rings is 1. The number of rotatable bonds is 2. The second kappa shape index (κ2) is 4.75. The van der Waals surface area contributed by atoms with Crippen LogP contribution in [-0.2, 0) is 0 Å². The molecule has 0 bridgehead atoms. The van der Waals surface area contributed by atoms with E-state index >= 15 is 0 Å². The molecule has 0 aliphatic heterocycles. The number of hydrogen-bond acceptors (Lipinski definition) is 1. The zero-order valence-electron chi connectivity index (χ0n) is 9.24. The van der Waals surface area contributed by atoms with E-state index in [-0.39, 0.29) is 5.56 Å². The van der Waals surface area contributed by atoms with Crippen molar-refractivity contribution < 1.29 is 13.2 Å². The molecule has 0 aliphatic rings. The van der Waals surface area contributed by atoms with Crippen LogP contribution < -0.4 is 5.32 Å². The predicted octanol–water partition coefficient (Wildman–Crippen LogP) is 3.89. The average molecular weight is 296 g/mol. The Morgan fingerprint density at radius 3 is 2.19 bits per heavy atom. The van der Waals surface area contributed by atoms with Gasteiger partial charge in [0.25, 0.3) is 0 Å². The molecule has 0 saturated heterocycles. The topological polar surface area (TPSA) is 12.0 Å². The minimum absolute atomic E-state index is 0.274. The zero-order valence-corrected chi connectivity index (χ0v) is 10.8. The Hall–Kier alpha value is -0.550. The van der Waals surface area contributed by atoms with Crippen LogP contribution in [0.4, 0.5) is 13.2 Å². The first-order valence-electron chi connectivity index (χ1n) is 4.78. The van der Waals surface area contributed by atoms with Crippen LogP contribution in [0.2, 0.25) is 0 Å². The summed E-state index contributed by atoms with van der Waals surface area (Å²) in [6, 6.07) is 1.66. The van der Waals surface area contributed by atoms with Crippen LogP contribution >= 0.6 is 15.9 Å². The van der Waals surface area contributed by atoms with Gasteiger partial charge in [-0.15, -0.1) is 0 Å². The summed E-state index contributed by atoms with van der Waals surface area (Å²) in [5, 5.41) is 2.31. The summed E-state index contributed by atoms with van der Waals surface area (Å²) < 4.78 is 39.1. The largest absolute Gasteiger partial charge is 0.407 e. The molecule has 0 saturated carbocycles. The Kier molecular flexibility index (Phi) is 4.02. The lowest BCUT2D eigenvalue weighted by Crippen LogP contribution is -2.32. The van der Waals surface area contributed by atoms with Crippen molar-refractivity contribution >= 4 is 15.9 Å². The van der Waals surface area contributed by atoms with E-state index in [2.05, 4.69) is 21.2 Å². The molecule has 1 aromatic carbocycles. The number of hydrogen-bond donors (Lipinski definition) is 1. The van der Waals surface area contributed by atoms with Crippen molar-refractivity contribution in [2.75, 3.05) is 7.05 Å². The van der Waals surface area contributed by atoms with Crippen LogP contribution in [0.3, 0.4) is 0 Å². The fraction of sp³-hybridized carbons (Fsp3) is 0.455. The summed E-state index contributed by atoms with van der Waals surface area (Å²) in [4.78, 5) is 0. The fourth-order valence-electron chi connectivity index (χ4n) is 1.61. The van der Waals surface area contributed by atoms with Gasteiger partial charge >= 0.3 is 6.18 Å². The molecule has 0 heterocycles. The standard InChI is InChI=1S/C11H13BrF3N/c1-6-5-9(12)7(2)4-8(6)10(16-3)11(13,14)15/h4-5,10,16H,1-3H3.